The Labute approximate surface area is 158 Å². The molecular formula is C18H29BrN4O2. The lowest BCUT2D eigenvalue weighted by Crippen LogP contribution is -2.38. The number of ether oxygens (including phenoxy) is 1. The summed E-state index contributed by atoms with van der Waals surface area (Å²) < 4.78 is 6.21. The molecule has 0 bridgehead atoms. The van der Waals surface area contributed by atoms with Crippen LogP contribution >= 0.6 is 15.9 Å². The molecule has 1 aromatic rings. The Morgan fingerprint density at radius 3 is 2.68 bits per heavy atom. The fraction of sp³-hybridized carbons (Fsp3) is 0.556. The van der Waals surface area contributed by atoms with Gasteiger partial charge in [-0.25, -0.2) is 0 Å². The van der Waals surface area contributed by atoms with E-state index in [9.17, 15) is 4.79 Å². The number of rotatable bonds is 11. The summed E-state index contributed by atoms with van der Waals surface area (Å²) in [6, 6.07) is 7.36. The van der Waals surface area contributed by atoms with Crippen molar-refractivity contribution < 1.29 is 9.53 Å². The van der Waals surface area contributed by atoms with E-state index in [2.05, 4.69) is 36.9 Å². The molecule has 1 rings (SSSR count). The Balaban J connectivity index is 2.25. The molecule has 0 saturated heterocycles. The summed E-state index contributed by atoms with van der Waals surface area (Å²) in [4.78, 5) is 16.5. The average molecular weight is 413 g/mol. The van der Waals surface area contributed by atoms with E-state index >= 15 is 0 Å². The van der Waals surface area contributed by atoms with Gasteiger partial charge in [0.15, 0.2) is 5.96 Å². The van der Waals surface area contributed by atoms with Crippen LogP contribution in [0.2, 0.25) is 0 Å². The molecule has 6 nitrogen and oxygen atoms in total. The van der Waals surface area contributed by atoms with Crippen LogP contribution in [-0.4, -0.2) is 51.3 Å². The predicted molar refractivity (Wildman–Crippen MR) is 106 cm³/mol. The minimum absolute atomic E-state index is 0.0637. The van der Waals surface area contributed by atoms with Crippen LogP contribution in [0.25, 0.3) is 0 Å². The molecule has 25 heavy (non-hydrogen) atoms. The second-order valence-corrected chi connectivity index (χ2v) is 6.27. The van der Waals surface area contributed by atoms with Crippen molar-refractivity contribution in [2.24, 2.45) is 4.99 Å². The van der Waals surface area contributed by atoms with Crippen molar-refractivity contribution >= 4 is 27.8 Å². The molecule has 0 atom stereocenters. The van der Waals surface area contributed by atoms with Crippen LogP contribution in [0.3, 0.4) is 0 Å². The zero-order chi connectivity index (χ0) is 18.3. The van der Waals surface area contributed by atoms with Gasteiger partial charge in [-0.1, -0.05) is 22.0 Å². The summed E-state index contributed by atoms with van der Waals surface area (Å²) >= 11 is 3.37. The first-order valence-corrected chi connectivity index (χ1v) is 9.60. The van der Waals surface area contributed by atoms with E-state index in [1.54, 1.807) is 6.07 Å². The van der Waals surface area contributed by atoms with Gasteiger partial charge < -0.3 is 20.7 Å². The highest BCUT2D eigenvalue weighted by Gasteiger charge is 2.04. The number of halogens is 1. The van der Waals surface area contributed by atoms with E-state index in [4.69, 9.17) is 4.74 Å². The Morgan fingerprint density at radius 1 is 1.16 bits per heavy atom. The zero-order valence-corrected chi connectivity index (χ0v) is 16.7. The first-order valence-electron chi connectivity index (χ1n) is 8.81. The number of hydrogen-bond acceptors (Lipinski definition) is 3. The largest absolute Gasteiger partial charge is 0.382 e. The van der Waals surface area contributed by atoms with Gasteiger partial charge in [-0.3, -0.25) is 9.79 Å². The minimum Gasteiger partial charge on any atom is -0.382 e. The van der Waals surface area contributed by atoms with Gasteiger partial charge in [-0.05, 0) is 44.9 Å². The number of nitrogens with one attached hydrogen (secondary N) is 3. The third-order valence-electron chi connectivity index (χ3n) is 3.28. The second-order valence-electron chi connectivity index (χ2n) is 5.36. The maximum Gasteiger partial charge on any atom is 0.251 e. The van der Waals surface area contributed by atoms with Crippen molar-refractivity contribution in [2.75, 3.05) is 39.4 Å². The van der Waals surface area contributed by atoms with Gasteiger partial charge in [0, 0.05) is 49.4 Å². The number of carbonyl (C=O) groups is 1. The van der Waals surface area contributed by atoms with Gasteiger partial charge in [-0.15, -0.1) is 0 Å². The van der Waals surface area contributed by atoms with Crippen LogP contribution in [0.4, 0.5) is 0 Å². The van der Waals surface area contributed by atoms with Gasteiger partial charge in [0.05, 0.1) is 0 Å². The van der Waals surface area contributed by atoms with Gasteiger partial charge in [-0.2, -0.15) is 0 Å². The smallest absolute Gasteiger partial charge is 0.251 e. The third-order valence-corrected chi connectivity index (χ3v) is 3.78. The van der Waals surface area contributed by atoms with Crippen LogP contribution < -0.4 is 16.0 Å². The standard InChI is InChI=1S/C18H29BrN4O2/c1-3-20-18(23-12-7-13-25-4-2)22-11-6-10-21-17(24)15-8-5-9-16(19)14-15/h5,8-9,14H,3-4,6-7,10-13H2,1-2H3,(H,21,24)(H2,20,22,23). The molecule has 1 aromatic carbocycles. The molecule has 0 aromatic heterocycles. The zero-order valence-electron chi connectivity index (χ0n) is 15.1. The van der Waals surface area contributed by atoms with Crippen molar-refractivity contribution in [1.29, 1.82) is 0 Å². The lowest BCUT2D eigenvalue weighted by Gasteiger charge is -2.11. The maximum absolute atomic E-state index is 12.0. The van der Waals surface area contributed by atoms with Crippen molar-refractivity contribution in [1.82, 2.24) is 16.0 Å². The molecular weight excluding hydrogens is 384 g/mol. The fourth-order valence-corrected chi connectivity index (χ4v) is 2.47. The van der Waals surface area contributed by atoms with Crippen molar-refractivity contribution in [3.63, 3.8) is 0 Å². The monoisotopic (exact) mass is 412 g/mol. The van der Waals surface area contributed by atoms with E-state index in [1.165, 1.54) is 0 Å². The lowest BCUT2D eigenvalue weighted by atomic mass is 10.2. The highest BCUT2D eigenvalue weighted by Crippen LogP contribution is 2.11. The fourth-order valence-electron chi connectivity index (χ4n) is 2.07. The van der Waals surface area contributed by atoms with E-state index in [1.807, 2.05) is 32.0 Å². The van der Waals surface area contributed by atoms with Crippen LogP contribution in [0.1, 0.15) is 37.0 Å². The molecule has 0 saturated carbocycles. The molecule has 0 spiro atoms. The molecule has 0 radical (unpaired) electrons. The van der Waals surface area contributed by atoms with Gasteiger partial charge >= 0.3 is 0 Å². The normalized spacial score (nSPS) is 11.2. The topological polar surface area (TPSA) is 74.8 Å². The summed E-state index contributed by atoms with van der Waals surface area (Å²) in [5, 5.41) is 9.40. The number of hydrogen-bond donors (Lipinski definition) is 3. The summed E-state index contributed by atoms with van der Waals surface area (Å²) in [7, 11) is 0. The number of guanidine groups is 1. The molecule has 0 aliphatic heterocycles. The maximum atomic E-state index is 12.0. The van der Waals surface area contributed by atoms with Crippen molar-refractivity contribution in [3.8, 4) is 0 Å². The van der Waals surface area contributed by atoms with E-state index in [0.29, 0.717) is 18.7 Å². The van der Waals surface area contributed by atoms with Gasteiger partial charge in [0.1, 0.15) is 0 Å². The molecule has 0 heterocycles. The van der Waals surface area contributed by atoms with E-state index < -0.39 is 0 Å². The Kier molecular flexibility index (Phi) is 11.7. The molecule has 1 amide bonds. The third kappa shape index (κ3) is 10.1. The molecule has 0 aliphatic rings. The molecule has 140 valence electrons. The van der Waals surface area contributed by atoms with Crippen molar-refractivity contribution in [3.05, 3.63) is 34.3 Å². The molecule has 3 N–H and O–H groups in total. The second kappa shape index (κ2) is 13.7. The molecule has 0 aliphatic carbocycles. The number of amides is 1. The quantitative estimate of drug-likeness (QED) is 0.296. The van der Waals surface area contributed by atoms with Crippen LogP contribution in [0.5, 0.6) is 0 Å². The highest BCUT2D eigenvalue weighted by molar-refractivity contribution is 9.10. The van der Waals surface area contributed by atoms with Gasteiger partial charge in [0.2, 0.25) is 0 Å². The molecule has 7 heteroatoms. The van der Waals surface area contributed by atoms with Gasteiger partial charge in [0.25, 0.3) is 5.91 Å². The Bertz CT molecular complexity index is 538. The summed E-state index contributed by atoms with van der Waals surface area (Å²) in [6.45, 7) is 8.43. The number of nitrogens with zero attached hydrogens (tertiary/aromatic N) is 1. The van der Waals surface area contributed by atoms with Crippen LogP contribution in [-0.2, 0) is 4.74 Å². The van der Waals surface area contributed by atoms with Crippen molar-refractivity contribution in [2.45, 2.75) is 26.7 Å². The number of benzene rings is 1. The summed E-state index contributed by atoms with van der Waals surface area (Å²) in [5.41, 5.74) is 0.655. The van der Waals surface area contributed by atoms with Crippen LogP contribution in [0, 0.1) is 0 Å². The number of carbonyl (C=O) groups excluding carboxylic acids is 1. The lowest BCUT2D eigenvalue weighted by molar-refractivity contribution is 0.0953. The molecule has 0 unspecified atom stereocenters. The Morgan fingerprint density at radius 2 is 1.96 bits per heavy atom. The van der Waals surface area contributed by atoms with Crippen LogP contribution in [0.15, 0.2) is 33.7 Å². The summed E-state index contributed by atoms with van der Waals surface area (Å²) in [5.74, 6) is 0.739. The van der Waals surface area contributed by atoms with E-state index in [-0.39, 0.29) is 5.91 Å². The SMILES string of the molecule is CCNC(=NCCCNC(=O)c1cccc(Br)c1)NCCCOCC. The summed E-state index contributed by atoms with van der Waals surface area (Å²) in [6.07, 6.45) is 1.73. The first-order chi connectivity index (χ1) is 12.2. The average Bonchev–Trinajstić information content (AvgIpc) is 2.61. The molecule has 0 fully saturated rings. The highest BCUT2D eigenvalue weighted by atomic mass is 79.9. The number of aliphatic imine (C=N–C) groups is 1. The first kappa shape index (κ1) is 21.4. The Hall–Kier alpha value is -1.60. The predicted octanol–water partition coefficient (Wildman–Crippen LogP) is 2.55. The van der Waals surface area contributed by atoms with E-state index in [0.717, 1.165) is 49.6 Å². The minimum atomic E-state index is -0.0637.